The maximum Gasteiger partial charge on any atom is 0.410 e. The van der Waals surface area contributed by atoms with Crippen LogP contribution in [0.2, 0.25) is 5.02 Å². The van der Waals surface area contributed by atoms with Gasteiger partial charge < -0.3 is 9.64 Å². The van der Waals surface area contributed by atoms with Gasteiger partial charge in [0.05, 0.1) is 18.3 Å². The largest absolute Gasteiger partial charge is 0.444 e. The quantitative estimate of drug-likeness (QED) is 0.627. The van der Waals surface area contributed by atoms with E-state index in [1.807, 2.05) is 66.9 Å². The summed E-state index contributed by atoms with van der Waals surface area (Å²) in [5.74, 6) is 0. The van der Waals surface area contributed by atoms with Gasteiger partial charge in [0, 0.05) is 23.3 Å². The Morgan fingerprint density at radius 2 is 1.86 bits per heavy atom. The number of benzene rings is 1. The molecule has 0 radical (unpaired) electrons. The lowest BCUT2D eigenvalue weighted by Gasteiger charge is -2.28. The van der Waals surface area contributed by atoms with E-state index < -0.39 is 5.60 Å². The SMILES string of the molecule is CC(C)(C)OC(=O)N1CCC[C@H]1Cn1ccc(-c2ccc(Cl)cc2)n1.CCC. The van der Waals surface area contributed by atoms with E-state index in [2.05, 4.69) is 18.9 Å². The molecule has 5 nitrogen and oxygen atoms in total. The van der Waals surface area contributed by atoms with Crippen LogP contribution < -0.4 is 0 Å². The highest BCUT2D eigenvalue weighted by Crippen LogP contribution is 2.23. The van der Waals surface area contributed by atoms with E-state index in [0.29, 0.717) is 11.6 Å². The van der Waals surface area contributed by atoms with Crippen molar-refractivity contribution in [1.82, 2.24) is 14.7 Å². The standard InChI is InChI=1S/C19H24ClN3O2.C3H8/c1-19(2,3)25-18(24)23-11-4-5-16(23)13-22-12-10-17(21-22)14-6-8-15(20)9-7-14;1-3-2/h6-10,12,16H,4-5,11,13H2,1-3H3;3H2,1-2H3/t16-;/m0./s1. The summed E-state index contributed by atoms with van der Waals surface area (Å²) in [7, 11) is 0. The highest BCUT2D eigenvalue weighted by molar-refractivity contribution is 6.30. The van der Waals surface area contributed by atoms with Crippen LogP contribution in [-0.4, -0.2) is 39.0 Å². The Morgan fingerprint density at radius 1 is 1.21 bits per heavy atom. The van der Waals surface area contributed by atoms with Crippen LogP contribution in [0.25, 0.3) is 11.3 Å². The Morgan fingerprint density at radius 3 is 2.46 bits per heavy atom. The molecule has 1 saturated heterocycles. The summed E-state index contributed by atoms with van der Waals surface area (Å²) >= 11 is 5.93. The molecule has 0 unspecified atom stereocenters. The fourth-order valence-electron chi connectivity index (χ4n) is 3.04. The molecule has 1 aromatic heterocycles. The molecule has 0 N–H and O–H groups in total. The number of hydrogen-bond acceptors (Lipinski definition) is 3. The molecule has 28 heavy (non-hydrogen) atoms. The van der Waals surface area contributed by atoms with Crippen LogP contribution >= 0.6 is 11.6 Å². The summed E-state index contributed by atoms with van der Waals surface area (Å²) in [5.41, 5.74) is 1.45. The van der Waals surface area contributed by atoms with Gasteiger partial charge in [0.15, 0.2) is 0 Å². The molecule has 1 atom stereocenters. The van der Waals surface area contributed by atoms with Crippen LogP contribution in [0, 0.1) is 0 Å². The highest BCUT2D eigenvalue weighted by atomic mass is 35.5. The number of halogens is 1. The molecule has 0 bridgehead atoms. The van der Waals surface area contributed by atoms with Gasteiger partial charge in [-0.2, -0.15) is 5.10 Å². The van der Waals surface area contributed by atoms with Gasteiger partial charge in [-0.05, 0) is 51.8 Å². The first-order valence-corrected chi connectivity index (χ1v) is 10.4. The van der Waals surface area contributed by atoms with Crippen LogP contribution in [0.1, 0.15) is 53.9 Å². The predicted octanol–water partition coefficient (Wildman–Crippen LogP) is 6.02. The van der Waals surface area contributed by atoms with Crippen molar-refractivity contribution in [2.75, 3.05) is 6.54 Å². The summed E-state index contributed by atoms with van der Waals surface area (Å²) in [6, 6.07) is 9.73. The van der Waals surface area contributed by atoms with Crippen LogP contribution in [0.4, 0.5) is 4.79 Å². The van der Waals surface area contributed by atoms with E-state index in [9.17, 15) is 4.79 Å². The molecular formula is C22H32ClN3O2. The minimum atomic E-state index is -0.475. The zero-order chi connectivity index (χ0) is 20.7. The number of amides is 1. The molecule has 1 fully saturated rings. The molecule has 0 spiro atoms. The Labute approximate surface area is 173 Å². The number of aromatic nitrogens is 2. The van der Waals surface area contributed by atoms with Crippen molar-refractivity contribution in [2.45, 2.75) is 72.1 Å². The molecule has 6 heteroatoms. The van der Waals surface area contributed by atoms with E-state index >= 15 is 0 Å². The van der Waals surface area contributed by atoms with E-state index in [0.717, 1.165) is 30.6 Å². The first kappa shape index (κ1) is 22.3. The summed E-state index contributed by atoms with van der Waals surface area (Å²) < 4.78 is 7.42. The first-order chi connectivity index (χ1) is 13.2. The molecule has 2 aromatic rings. The summed E-state index contributed by atoms with van der Waals surface area (Å²) in [5, 5.41) is 5.35. The molecule has 0 aliphatic carbocycles. The molecule has 1 aliphatic rings. The highest BCUT2D eigenvalue weighted by Gasteiger charge is 2.32. The van der Waals surface area contributed by atoms with Gasteiger partial charge in [-0.3, -0.25) is 4.68 Å². The smallest absolute Gasteiger partial charge is 0.410 e. The maximum absolute atomic E-state index is 12.4. The van der Waals surface area contributed by atoms with Crippen molar-refractivity contribution >= 4 is 17.7 Å². The number of hydrogen-bond donors (Lipinski definition) is 0. The van der Waals surface area contributed by atoms with E-state index in [4.69, 9.17) is 16.3 Å². The molecule has 2 heterocycles. The van der Waals surface area contributed by atoms with Crippen molar-refractivity contribution in [1.29, 1.82) is 0 Å². The number of likely N-dealkylation sites (tertiary alicyclic amines) is 1. The van der Waals surface area contributed by atoms with Gasteiger partial charge in [-0.1, -0.05) is 44.0 Å². The number of carbonyl (C=O) groups is 1. The Balaban J connectivity index is 0.000000878. The molecule has 154 valence electrons. The topological polar surface area (TPSA) is 47.4 Å². The third kappa shape index (κ3) is 6.55. The second-order valence-electron chi connectivity index (χ2n) is 8.11. The van der Waals surface area contributed by atoms with Gasteiger partial charge in [0.2, 0.25) is 0 Å². The van der Waals surface area contributed by atoms with Gasteiger partial charge in [-0.25, -0.2) is 4.79 Å². The molecule has 3 rings (SSSR count). The lowest BCUT2D eigenvalue weighted by Crippen LogP contribution is -2.41. The Bertz CT molecular complexity index is 750. The fraction of sp³-hybridized carbons (Fsp3) is 0.545. The third-order valence-electron chi connectivity index (χ3n) is 4.18. The van der Waals surface area contributed by atoms with Crippen molar-refractivity contribution < 1.29 is 9.53 Å². The Kier molecular flexibility index (Phi) is 7.93. The number of nitrogens with zero attached hydrogens (tertiary/aromatic N) is 3. The summed E-state index contributed by atoms with van der Waals surface area (Å²) in [4.78, 5) is 14.2. The van der Waals surface area contributed by atoms with Crippen LogP contribution in [-0.2, 0) is 11.3 Å². The van der Waals surface area contributed by atoms with E-state index in [1.54, 1.807) is 0 Å². The molecule has 1 amide bonds. The minimum absolute atomic E-state index is 0.118. The zero-order valence-corrected chi connectivity index (χ0v) is 18.4. The number of rotatable bonds is 3. The normalized spacial score (nSPS) is 16.5. The number of ether oxygens (including phenoxy) is 1. The fourth-order valence-corrected chi connectivity index (χ4v) is 3.17. The predicted molar refractivity (Wildman–Crippen MR) is 115 cm³/mol. The van der Waals surface area contributed by atoms with Crippen molar-refractivity contribution in [3.05, 3.63) is 41.6 Å². The third-order valence-corrected chi connectivity index (χ3v) is 4.44. The second kappa shape index (κ2) is 9.97. The van der Waals surface area contributed by atoms with Crippen molar-refractivity contribution in [2.24, 2.45) is 0 Å². The molecule has 1 aromatic carbocycles. The first-order valence-electron chi connectivity index (χ1n) is 10.0. The second-order valence-corrected chi connectivity index (χ2v) is 8.54. The number of carbonyl (C=O) groups excluding carboxylic acids is 1. The average Bonchev–Trinajstić information content (AvgIpc) is 3.25. The lowest BCUT2D eigenvalue weighted by atomic mass is 10.2. The van der Waals surface area contributed by atoms with Gasteiger partial charge >= 0.3 is 6.09 Å². The monoisotopic (exact) mass is 405 g/mol. The zero-order valence-electron chi connectivity index (χ0n) is 17.6. The lowest BCUT2D eigenvalue weighted by molar-refractivity contribution is 0.0212. The maximum atomic E-state index is 12.4. The van der Waals surface area contributed by atoms with Crippen LogP contribution in [0.15, 0.2) is 36.5 Å². The van der Waals surface area contributed by atoms with Gasteiger partial charge in [-0.15, -0.1) is 0 Å². The Hall–Kier alpha value is -2.01. The average molecular weight is 406 g/mol. The van der Waals surface area contributed by atoms with Crippen LogP contribution in [0.3, 0.4) is 0 Å². The van der Waals surface area contributed by atoms with Crippen LogP contribution in [0.5, 0.6) is 0 Å². The molecule has 1 aliphatic heterocycles. The molecular weight excluding hydrogens is 374 g/mol. The van der Waals surface area contributed by atoms with Gasteiger partial charge in [0.1, 0.15) is 5.60 Å². The summed E-state index contributed by atoms with van der Waals surface area (Å²) in [6.07, 6.45) is 4.93. The molecule has 0 saturated carbocycles. The van der Waals surface area contributed by atoms with Crippen molar-refractivity contribution in [3.8, 4) is 11.3 Å². The summed E-state index contributed by atoms with van der Waals surface area (Å²) in [6.45, 7) is 11.3. The minimum Gasteiger partial charge on any atom is -0.444 e. The van der Waals surface area contributed by atoms with E-state index in [1.165, 1.54) is 6.42 Å². The van der Waals surface area contributed by atoms with Crippen molar-refractivity contribution in [3.63, 3.8) is 0 Å². The van der Waals surface area contributed by atoms with Gasteiger partial charge in [0.25, 0.3) is 0 Å². The van der Waals surface area contributed by atoms with E-state index in [-0.39, 0.29) is 12.1 Å².